The topological polar surface area (TPSA) is 26.0 Å². The van der Waals surface area contributed by atoms with Crippen molar-refractivity contribution in [2.45, 2.75) is 25.8 Å². The van der Waals surface area contributed by atoms with Crippen molar-refractivity contribution in [2.24, 2.45) is 11.7 Å². The van der Waals surface area contributed by atoms with Gasteiger partial charge in [0.05, 0.1) is 0 Å². The maximum Gasteiger partial charge on any atom is 0.0280 e. The van der Waals surface area contributed by atoms with Crippen molar-refractivity contribution in [1.82, 2.24) is 0 Å². The molecule has 0 radical (unpaired) electrons. The molecule has 0 bridgehead atoms. The van der Waals surface area contributed by atoms with Crippen LogP contribution in [0.15, 0.2) is 16.8 Å². The molecule has 1 aromatic rings. The van der Waals surface area contributed by atoms with E-state index in [0.29, 0.717) is 0 Å². The van der Waals surface area contributed by atoms with Crippen LogP contribution < -0.4 is 5.73 Å². The fraction of sp³-hybridized carbons (Fsp3) is 0.455. The van der Waals surface area contributed by atoms with Crippen molar-refractivity contribution in [3.8, 4) is 0 Å². The summed E-state index contributed by atoms with van der Waals surface area (Å²) in [6, 6.07) is 0.158. The molecule has 1 fully saturated rings. The van der Waals surface area contributed by atoms with Crippen molar-refractivity contribution < 1.29 is 0 Å². The summed E-state index contributed by atoms with van der Waals surface area (Å²) >= 11 is 1.74. The summed E-state index contributed by atoms with van der Waals surface area (Å²) in [6.45, 7) is 2.04. The van der Waals surface area contributed by atoms with Crippen LogP contribution in [0.1, 0.15) is 36.9 Å². The molecule has 13 heavy (non-hydrogen) atoms. The lowest BCUT2D eigenvalue weighted by atomic mass is 10.1. The van der Waals surface area contributed by atoms with Gasteiger partial charge in [-0.1, -0.05) is 12.2 Å². The first-order valence-corrected chi connectivity index (χ1v) is 5.71. The molecule has 1 heterocycles. The van der Waals surface area contributed by atoms with Crippen molar-refractivity contribution in [3.63, 3.8) is 0 Å². The van der Waals surface area contributed by atoms with E-state index in [1.54, 1.807) is 11.3 Å². The summed E-state index contributed by atoms with van der Waals surface area (Å²) in [7, 11) is 0. The minimum absolute atomic E-state index is 0.158. The molecule has 1 nitrogen and oxygen atoms in total. The van der Waals surface area contributed by atoms with E-state index in [-0.39, 0.29) is 6.04 Å². The molecule has 2 rings (SSSR count). The van der Waals surface area contributed by atoms with Crippen LogP contribution in [0.3, 0.4) is 0 Å². The zero-order valence-corrected chi connectivity index (χ0v) is 8.68. The van der Waals surface area contributed by atoms with E-state index in [4.69, 9.17) is 5.73 Å². The van der Waals surface area contributed by atoms with Gasteiger partial charge in [-0.15, -0.1) is 0 Å². The molecule has 1 aromatic heterocycles. The van der Waals surface area contributed by atoms with Gasteiger partial charge in [-0.2, -0.15) is 11.3 Å². The van der Waals surface area contributed by atoms with Gasteiger partial charge in [-0.3, -0.25) is 0 Å². The number of rotatable bonds is 3. The molecule has 0 unspecified atom stereocenters. The first-order valence-electron chi connectivity index (χ1n) is 4.77. The normalized spacial score (nSPS) is 19.5. The Morgan fingerprint density at radius 1 is 1.54 bits per heavy atom. The Balaban J connectivity index is 2.13. The van der Waals surface area contributed by atoms with E-state index < -0.39 is 0 Å². The standard InChI is InChI=1S/C11H15NS/c1-8(12)11-7-13-6-10(11)5-4-9-2-3-9/h4-9H,2-3,12H2,1H3/b5-4+/t8-/m0/s1. The van der Waals surface area contributed by atoms with E-state index in [0.717, 1.165) is 5.92 Å². The molecule has 0 aromatic carbocycles. The lowest BCUT2D eigenvalue weighted by molar-refractivity contribution is 0.821. The van der Waals surface area contributed by atoms with Crippen LogP contribution in [0.25, 0.3) is 6.08 Å². The number of allylic oxidation sites excluding steroid dienone is 1. The maximum absolute atomic E-state index is 5.85. The van der Waals surface area contributed by atoms with Crippen LogP contribution in [0.2, 0.25) is 0 Å². The third kappa shape index (κ3) is 2.20. The summed E-state index contributed by atoms with van der Waals surface area (Å²) in [5, 5.41) is 4.33. The van der Waals surface area contributed by atoms with Gasteiger partial charge in [-0.25, -0.2) is 0 Å². The predicted octanol–water partition coefficient (Wildman–Crippen LogP) is 3.19. The van der Waals surface area contributed by atoms with Gasteiger partial charge in [-0.05, 0) is 47.6 Å². The van der Waals surface area contributed by atoms with E-state index in [1.165, 1.54) is 24.0 Å². The Kier molecular flexibility index (Phi) is 2.51. The second-order valence-corrected chi connectivity index (χ2v) is 4.51. The monoisotopic (exact) mass is 193 g/mol. The lowest BCUT2D eigenvalue weighted by Gasteiger charge is -2.03. The smallest absolute Gasteiger partial charge is 0.0280 e. The number of thiophene rings is 1. The molecular formula is C11H15NS. The molecular weight excluding hydrogens is 178 g/mol. The first kappa shape index (κ1) is 8.97. The van der Waals surface area contributed by atoms with Gasteiger partial charge in [0.1, 0.15) is 0 Å². The number of nitrogens with two attached hydrogens (primary N) is 1. The molecule has 70 valence electrons. The molecule has 2 N–H and O–H groups in total. The van der Waals surface area contributed by atoms with Crippen LogP contribution >= 0.6 is 11.3 Å². The quantitative estimate of drug-likeness (QED) is 0.784. The molecule has 0 aliphatic heterocycles. The van der Waals surface area contributed by atoms with Crippen LogP contribution in [-0.4, -0.2) is 0 Å². The van der Waals surface area contributed by atoms with Crippen LogP contribution in [-0.2, 0) is 0 Å². The lowest BCUT2D eigenvalue weighted by Crippen LogP contribution is -2.04. The van der Waals surface area contributed by atoms with Gasteiger partial charge in [0.15, 0.2) is 0 Å². The highest BCUT2D eigenvalue weighted by atomic mass is 32.1. The summed E-state index contributed by atoms with van der Waals surface area (Å²) in [6.07, 6.45) is 7.28. The Bertz CT molecular complexity index is 308. The average molecular weight is 193 g/mol. The third-order valence-corrected chi connectivity index (χ3v) is 3.16. The second kappa shape index (κ2) is 3.64. The molecule has 0 amide bonds. The van der Waals surface area contributed by atoms with Gasteiger partial charge in [0, 0.05) is 6.04 Å². The highest BCUT2D eigenvalue weighted by Gasteiger charge is 2.17. The largest absolute Gasteiger partial charge is 0.324 e. The number of hydrogen-bond acceptors (Lipinski definition) is 2. The maximum atomic E-state index is 5.85. The zero-order chi connectivity index (χ0) is 9.26. The van der Waals surface area contributed by atoms with E-state index in [9.17, 15) is 0 Å². The summed E-state index contributed by atoms with van der Waals surface area (Å²) in [5.74, 6) is 0.848. The zero-order valence-electron chi connectivity index (χ0n) is 7.86. The van der Waals surface area contributed by atoms with Crippen molar-refractivity contribution in [1.29, 1.82) is 0 Å². The molecule has 2 heteroatoms. The van der Waals surface area contributed by atoms with E-state index >= 15 is 0 Å². The molecule has 1 saturated carbocycles. The van der Waals surface area contributed by atoms with Gasteiger partial charge < -0.3 is 5.73 Å². The highest BCUT2D eigenvalue weighted by Crippen LogP contribution is 2.32. The van der Waals surface area contributed by atoms with E-state index in [2.05, 4.69) is 22.9 Å². The Morgan fingerprint density at radius 3 is 2.92 bits per heavy atom. The van der Waals surface area contributed by atoms with Gasteiger partial charge in [0.2, 0.25) is 0 Å². The predicted molar refractivity (Wildman–Crippen MR) is 58.7 cm³/mol. The van der Waals surface area contributed by atoms with Crippen LogP contribution in [0.5, 0.6) is 0 Å². The minimum atomic E-state index is 0.158. The molecule has 0 saturated heterocycles. The second-order valence-electron chi connectivity index (χ2n) is 3.77. The van der Waals surface area contributed by atoms with E-state index in [1.807, 2.05) is 6.92 Å². The Morgan fingerprint density at radius 2 is 2.31 bits per heavy atom. The number of hydrogen-bond donors (Lipinski definition) is 1. The molecule has 1 aliphatic rings. The van der Waals surface area contributed by atoms with Crippen LogP contribution in [0, 0.1) is 5.92 Å². The third-order valence-electron chi connectivity index (χ3n) is 2.38. The average Bonchev–Trinajstić information content (AvgIpc) is 2.79. The summed E-state index contributed by atoms with van der Waals surface area (Å²) in [5.41, 5.74) is 8.45. The fourth-order valence-electron chi connectivity index (χ4n) is 1.35. The van der Waals surface area contributed by atoms with Gasteiger partial charge in [0.25, 0.3) is 0 Å². The Hall–Kier alpha value is -0.600. The molecule has 0 spiro atoms. The Labute approximate surface area is 83.3 Å². The van der Waals surface area contributed by atoms with Gasteiger partial charge >= 0.3 is 0 Å². The van der Waals surface area contributed by atoms with Crippen LogP contribution in [0.4, 0.5) is 0 Å². The SMILES string of the molecule is C[C@H](N)c1cscc1/C=C/C1CC1. The minimum Gasteiger partial charge on any atom is -0.324 e. The molecule has 1 aliphatic carbocycles. The summed E-state index contributed by atoms with van der Waals surface area (Å²) < 4.78 is 0. The summed E-state index contributed by atoms with van der Waals surface area (Å²) in [4.78, 5) is 0. The van der Waals surface area contributed by atoms with Crippen molar-refractivity contribution in [2.75, 3.05) is 0 Å². The highest BCUT2D eigenvalue weighted by molar-refractivity contribution is 7.08. The fourth-order valence-corrected chi connectivity index (χ4v) is 2.28. The molecule has 1 atom stereocenters. The van der Waals surface area contributed by atoms with Crippen molar-refractivity contribution in [3.05, 3.63) is 28.0 Å². The first-order chi connectivity index (χ1) is 6.27. The van der Waals surface area contributed by atoms with Crippen molar-refractivity contribution >= 4 is 17.4 Å².